The van der Waals surface area contributed by atoms with Crippen molar-refractivity contribution in [3.63, 3.8) is 0 Å². The molecule has 6 unspecified atom stereocenters. The lowest BCUT2D eigenvalue weighted by atomic mass is 9.66. The van der Waals surface area contributed by atoms with E-state index in [1.165, 1.54) is 35.2 Å². The SMILES string of the molecule is CC(C)(C)C1CC(c2cccc(SOSc3cccc(C4CCC(O)C(C(C)(C)C)C4)c3)c2)CCC1O. The maximum absolute atomic E-state index is 10.6. The Balaban J connectivity index is 1.35. The molecule has 0 heterocycles. The molecule has 0 aliphatic heterocycles. The van der Waals surface area contributed by atoms with Gasteiger partial charge in [-0.1, -0.05) is 65.8 Å². The summed E-state index contributed by atoms with van der Waals surface area (Å²) in [5.74, 6) is 1.63. The molecule has 0 bridgehead atoms. The molecule has 0 aromatic heterocycles. The van der Waals surface area contributed by atoms with Gasteiger partial charge in [0, 0.05) is 33.9 Å². The third-order valence-corrected chi connectivity index (χ3v) is 10.2. The predicted molar refractivity (Wildman–Crippen MR) is 157 cm³/mol. The van der Waals surface area contributed by atoms with Crippen molar-refractivity contribution in [3.8, 4) is 0 Å². The van der Waals surface area contributed by atoms with Crippen LogP contribution in [-0.2, 0) is 3.63 Å². The average molecular weight is 543 g/mol. The van der Waals surface area contributed by atoms with Gasteiger partial charge in [0.05, 0.1) is 12.2 Å². The van der Waals surface area contributed by atoms with Crippen LogP contribution in [0.1, 0.15) is 103 Å². The minimum Gasteiger partial charge on any atom is -0.393 e. The molecular formula is C32H46O3S2. The van der Waals surface area contributed by atoms with Crippen LogP contribution in [0.25, 0.3) is 0 Å². The third kappa shape index (κ3) is 7.57. The molecule has 0 amide bonds. The summed E-state index contributed by atoms with van der Waals surface area (Å²) in [7, 11) is 0. The molecule has 2 aliphatic carbocycles. The molecule has 2 fully saturated rings. The Morgan fingerprint density at radius 2 is 1.05 bits per heavy atom. The first-order chi connectivity index (χ1) is 17.4. The zero-order valence-electron chi connectivity index (χ0n) is 23.4. The van der Waals surface area contributed by atoms with E-state index >= 15 is 0 Å². The van der Waals surface area contributed by atoms with Crippen LogP contribution in [0.15, 0.2) is 58.3 Å². The van der Waals surface area contributed by atoms with Crippen molar-refractivity contribution in [3.05, 3.63) is 59.7 Å². The number of aliphatic hydroxyl groups excluding tert-OH is 2. The van der Waals surface area contributed by atoms with Gasteiger partial charge >= 0.3 is 0 Å². The summed E-state index contributed by atoms with van der Waals surface area (Å²) in [4.78, 5) is 2.24. The van der Waals surface area contributed by atoms with Gasteiger partial charge in [-0.3, -0.25) is 0 Å². The molecule has 2 aromatic rings. The van der Waals surface area contributed by atoms with Crippen molar-refractivity contribution in [2.75, 3.05) is 0 Å². The van der Waals surface area contributed by atoms with Gasteiger partial charge in [0.2, 0.25) is 0 Å². The second-order valence-electron chi connectivity index (χ2n) is 13.5. The van der Waals surface area contributed by atoms with Crippen molar-refractivity contribution in [1.29, 1.82) is 0 Å². The van der Waals surface area contributed by atoms with Crippen molar-refractivity contribution < 1.29 is 13.8 Å². The molecule has 0 saturated heterocycles. The molecule has 204 valence electrons. The van der Waals surface area contributed by atoms with Crippen LogP contribution >= 0.6 is 24.1 Å². The van der Waals surface area contributed by atoms with Crippen molar-refractivity contribution in [2.24, 2.45) is 22.7 Å². The van der Waals surface area contributed by atoms with Crippen LogP contribution in [0.5, 0.6) is 0 Å². The summed E-state index contributed by atoms with van der Waals surface area (Å²) >= 11 is 2.85. The average Bonchev–Trinajstić information content (AvgIpc) is 2.83. The Hall–Kier alpha value is -0.980. The number of benzene rings is 2. The summed E-state index contributed by atoms with van der Waals surface area (Å²) in [6.45, 7) is 13.5. The van der Waals surface area contributed by atoms with E-state index in [1.807, 2.05) is 0 Å². The van der Waals surface area contributed by atoms with Crippen molar-refractivity contribution in [2.45, 2.75) is 114 Å². The topological polar surface area (TPSA) is 49.7 Å². The molecule has 2 N–H and O–H groups in total. The van der Waals surface area contributed by atoms with Gasteiger partial charge in [0.1, 0.15) is 0 Å². The second-order valence-corrected chi connectivity index (χ2v) is 15.3. The smallest absolute Gasteiger partial charge is 0.0573 e. The van der Waals surface area contributed by atoms with Gasteiger partial charge in [-0.15, -0.1) is 0 Å². The normalized spacial score (nSPS) is 29.3. The summed E-state index contributed by atoms with van der Waals surface area (Å²) in [5.41, 5.74) is 2.94. The fourth-order valence-electron chi connectivity index (χ4n) is 6.51. The summed E-state index contributed by atoms with van der Waals surface area (Å²) < 4.78 is 6.03. The molecule has 0 radical (unpaired) electrons. The lowest BCUT2D eigenvalue weighted by molar-refractivity contribution is 0.00319. The van der Waals surface area contributed by atoms with Gasteiger partial charge in [-0.2, -0.15) is 0 Å². The van der Waals surface area contributed by atoms with Crippen molar-refractivity contribution in [1.82, 2.24) is 0 Å². The fourth-order valence-corrected chi connectivity index (χ4v) is 7.91. The molecule has 3 nitrogen and oxygen atoms in total. The Morgan fingerprint density at radius 3 is 1.43 bits per heavy atom. The number of hydrogen-bond acceptors (Lipinski definition) is 5. The molecular weight excluding hydrogens is 496 g/mol. The van der Waals surface area contributed by atoms with Gasteiger partial charge in [0.15, 0.2) is 0 Å². The van der Waals surface area contributed by atoms with Crippen LogP contribution < -0.4 is 0 Å². The molecule has 6 atom stereocenters. The van der Waals surface area contributed by atoms with Crippen LogP contribution in [0.3, 0.4) is 0 Å². The zero-order chi connectivity index (χ0) is 26.8. The van der Waals surface area contributed by atoms with E-state index in [4.69, 9.17) is 3.63 Å². The Bertz CT molecular complexity index is 944. The van der Waals surface area contributed by atoms with E-state index in [0.717, 1.165) is 48.3 Å². The highest BCUT2D eigenvalue weighted by molar-refractivity contribution is 8.07. The van der Waals surface area contributed by atoms with Gasteiger partial charge in [-0.05, 0) is 108 Å². The predicted octanol–water partition coefficient (Wildman–Crippen LogP) is 9.00. The van der Waals surface area contributed by atoms with Crippen LogP contribution in [-0.4, -0.2) is 22.4 Å². The molecule has 2 saturated carbocycles. The third-order valence-electron chi connectivity index (χ3n) is 8.77. The quantitative estimate of drug-likeness (QED) is 0.357. The van der Waals surface area contributed by atoms with Crippen LogP contribution in [0.2, 0.25) is 0 Å². The molecule has 5 heteroatoms. The Kier molecular flexibility index (Phi) is 9.44. The summed E-state index contributed by atoms with van der Waals surface area (Å²) in [5, 5.41) is 21.1. The maximum Gasteiger partial charge on any atom is 0.0573 e. The summed E-state index contributed by atoms with van der Waals surface area (Å²) in [6.07, 6.45) is 5.53. The molecule has 2 aliphatic rings. The largest absolute Gasteiger partial charge is 0.393 e. The van der Waals surface area contributed by atoms with Crippen LogP contribution in [0.4, 0.5) is 0 Å². The van der Waals surface area contributed by atoms with E-state index in [0.29, 0.717) is 23.7 Å². The number of aliphatic hydroxyl groups is 2. The second kappa shape index (κ2) is 12.0. The first kappa shape index (κ1) is 29.0. The monoisotopic (exact) mass is 542 g/mol. The molecule has 2 aromatic carbocycles. The lowest BCUT2D eigenvalue weighted by Crippen LogP contribution is -2.37. The maximum atomic E-state index is 10.6. The summed E-state index contributed by atoms with van der Waals surface area (Å²) in [6, 6.07) is 17.5. The van der Waals surface area contributed by atoms with E-state index in [-0.39, 0.29) is 23.0 Å². The fraction of sp³-hybridized carbons (Fsp3) is 0.625. The standard InChI is InChI=1S/C32H46O3S2/c1-31(2,3)27-19-23(13-15-29(27)33)21-9-7-11-25(17-21)36-35-37-26-12-8-10-22(18-26)24-14-16-30(34)28(20-24)32(4,5)6/h7-12,17-18,23-24,27-30,33-34H,13-16,19-20H2,1-6H3. The molecule has 37 heavy (non-hydrogen) atoms. The van der Waals surface area contributed by atoms with E-state index < -0.39 is 0 Å². The minimum atomic E-state index is -0.192. The first-order valence-corrected chi connectivity index (χ1v) is 15.5. The molecule has 4 rings (SSSR count). The first-order valence-electron chi connectivity index (χ1n) is 14.0. The van der Waals surface area contributed by atoms with Gasteiger partial charge in [0.25, 0.3) is 0 Å². The number of rotatable bonds is 6. The van der Waals surface area contributed by atoms with Crippen LogP contribution in [0, 0.1) is 22.7 Å². The highest BCUT2D eigenvalue weighted by Gasteiger charge is 2.38. The molecule has 0 spiro atoms. The highest BCUT2D eigenvalue weighted by Crippen LogP contribution is 2.46. The van der Waals surface area contributed by atoms with Gasteiger partial charge < -0.3 is 10.2 Å². The van der Waals surface area contributed by atoms with Crippen molar-refractivity contribution >= 4 is 24.1 Å². The lowest BCUT2D eigenvalue weighted by Gasteiger charge is -2.41. The Labute approximate surface area is 233 Å². The zero-order valence-corrected chi connectivity index (χ0v) is 25.1. The minimum absolute atomic E-state index is 0.115. The highest BCUT2D eigenvalue weighted by atomic mass is 32.2. The van der Waals surface area contributed by atoms with E-state index in [9.17, 15) is 10.2 Å². The Morgan fingerprint density at radius 1 is 0.649 bits per heavy atom. The van der Waals surface area contributed by atoms with E-state index in [2.05, 4.69) is 90.1 Å². The number of hydrogen-bond donors (Lipinski definition) is 2. The van der Waals surface area contributed by atoms with Gasteiger partial charge in [-0.25, -0.2) is 3.63 Å². The van der Waals surface area contributed by atoms with E-state index in [1.54, 1.807) is 0 Å².